The van der Waals surface area contributed by atoms with Crippen LogP contribution in [-0.2, 0) is 13.2 Å². The quantitative estimate of drug-likeness (QED) is 0.275. The molecule has 0 amide bonds. The molecule has 0 saturated carbocycles. The molecule has 0 spiro atoms. The van der Waals surface area contributed by atoms with E-state index in [9.17, 15) is 4.79 Å². The summed E-state index contributed by atoms with van der Waals surface area (Å²) < 4.78 is 13.3. The number of hydrogen-bond donors (Lipinski definition) is 1. The van der Waals surface area contributed by atoms with Crippen molar-refractivity contribution in [3.8, 4) is 22.6 Å². The number of hydrogen-bond acceptors (Lipinski definition) is 4. The summed E-state index contributed by atoms with van der Waals surface area (Å²) in [5, 5.41) is 2.18. The molecule has 0 radical (unpaired) electrons. The Morgan fingerprint density at radius 2 is 1.80 bits per heavy atom. The maximum absolute atomic E-state index is 13.8. The van der Waals surface area contributed by atoms with Crippen molar-refractivity contribution in [1.29, 1.82) is 0 Å². The lowest BCUT2D eigenvalue weighted by molar-refractivity contribution is 0.304. The molecule has 0 aliphatic carbocycles. The molecule has 0 atom stereocenters. The molecule has 0 fully saturated rings. The SMILES string of the molecule is CCn1c(=O)c(-c2c(Cl)c(OC)cc(OCc3ccccc3)c2Cl)cc2cnc3[nH]c(C)cc3c21. The van der Waals surface area contributed by atoms with Crippen LogP contribution in [0.3, 0.4) is 0 Å². The summed E-state index contributed by atoms with van der Waals surface area (Å²) >= 11 is 13.5. The molecule has 5 aromatic rings. The van der Waals surface area contributed by atoms with Crippen LogP contribution < -0.4 is 15.0 Å². The van der Waals surface area contributed by atoms with Crippen LogP contribution in [0.5, 0.6) is 11.5 Å². The first-order chi connectivity index (χ1) is 16.9. The molecule has 0 unspecified atom stereocenters. The Labute approximate surface area is 212 Å². The van der Waals surface area contributed by atoms with Crippen LogP contribution in [0, 0.1) is 6.92 Å². The number of pyridine rings is 2. The van der Waals surface area contributed by atoms with Gasteiger partial charge in [-0.15, -0.1) is 0 Å². The number of halogens is 2. The summed E-state index contributed by atoms with van der Waals surface area (Å²) in [6.07, 6.45) is 1.75. The van der Waals surface area contributed by atoms with Crippen molar-refractivity contribution in [3.05, 3.63) is 86.4 Å². The van der Waals surface area contributed by atoms with Crippen molar-refractivity contribution in [2.45, 2.75) is 27.0 Å². The van der Waals surface area contributed by atoms with Crippen molar-refractivity contribution >= 4 is 45.1 Å². The third kappa shape index (κ3) is 4.03. The number of nitrogens with zero attached hydrogens (tertiary/aromatic N) is 2. The highest BCUT2D eigenvalue weighted by Gasteiger charge is 2.23. The summed E-state index contributed by atoms with van der Waals surface area (Å²) in [4.78, 5) is 21.6. The topological polar surface area (TPSA) is 69.1 Å². The van der Waals surface area contributed by atoms with Crippen LogP contribution in [0.15, 0.2) is 59.5 Å². The van der Waals surface area contributed by atoms with Crippen molar-refractivity contribution < 1.29 is 9.47 Å². The van der Waals surface area contributed by atoms with Gasteiger partial charge in [-0.2, -0.15) is 0 Å². The standard InChI is InChI=1S/C27H23Cl2N3O3/c1-4-32-25-17(13-30-26-19(25)10-15(2)31-26)11-18(27(32)33)22-23(28)20(34-3)12-21(24(22)29)35-14-16-8-6-5-7-9-16/h5-13H,4,14H2,1-3H3,(H,30,31). The van der Waals surface area contributed by atoms with Crippen molar-refractivity contribution in [2.75, 3.05) is 7.11 Å². The molecule has 178 valence electrons. The number of ether oxygens (including phenoxy) is 2. The molecule has 0 saturated heterocycles. The number of aromatic amines is 1. The van der Waals surface area contributed by atoms with Gasteiger partial charge in [-0.05, 0) is 31.5 Å². The first-order valence-corrected chi connectivity index (χ1v) is 11.9. The van der Waals surface area contributed by atoms with E-state index in [1.165, 1.54) is 7.11 Å². The third-order valence-corrected chi connectivity index (χ3v) is 6.77. The Morgan fingerprint density at radius 3 is 2.51 bits per heavy atom. The molecule has 35 heavy (non-hydrogen) atoms. The Balaban J connectivity index is 1.73. The Morgan fingerprint density at radius 1 is 1.06 bits per heavy atom. The van der Waals surface area contributed by atoms with Crippen LogP contribution in [0.1, 0.15) is 18.2 Å². The molecule has 8 heteroatoms. The zero-order valence-electron chi connectivity index (χ0n) is 19.5. The first kappa shape index (κ1) is 23.3. The second kappa shape index (κ2) is 9.29. The zero-order valence-corrected chi connectivity index (χ0v) is 21.0. The number of aryl methyl sites for hydroxylation is 2. The van der Waals surface area contributed by atoms with Gasteiger partial charge in [0.05, 0.1) is 28.2 Å². The zero-order chi connectivity index (χ0) is 24.7. The average Bonchev–Trinajstić information content (AvgIpc) is 3.25. The van der Waals surface area contributed by atoms with Crippen molar-refractivity contribution in [1.82, 2.24) is 14.5 Å². The fourth-order valence-electron chi connectivity index (χ4n) is 4.37. The number of aromatic nitrogens is 3. The molecule has 1 N–H and O–H groups in total. The highest BCUT2D eigenvalue weighted by atomic mass is 35.5. The van der Waals surface area contributed by atoms with Gasteiger partial charge >= 0.3 is 0 Å². The van der Waals surface area contributed by atoms with Gasteiger partial charge in [0.1, 0.15) is 23.8 Å². The molecule has 0 aliphatic heterocycles. The Hall–Kier alpha value is -3.48. The van der Waals surface area contributed by atoms with E-state index in [0.29, 0.717) is 35.8 Å². The number of H-pyrrole nitrogens is 1. The fraction of sp³-hybridized carbons (Fsp3) is 0.185. The number of nitrogens with one attached hydrogen (secondary N) is 1. The monoisotopic (exact) mass is 507 g/mol. The minimum atomic E-state index is -0.211. The van der Waals surface area contributed by atoms with Gasteiger partial charge in [0, 0.05) is 40.8 Å². The van der Waals surface area contributed by atoms with Gasteiger partial charge in [-0.3, -0.25) is 4.79 Å². The van der Waals surface area contributed by atoms with Crippen LogP contribution >= 0.6 is 23.2 Å². The van der Waals surface area contributed by atoms with Gasteiger partial charge in [-0.25, -0.2) is 4.98 Å². The highest BCUT2D eigenvalue weighted by molar-refractivity contribution is 6.41. The van der Waals surface area contributed by atoms with Crippen LogP contribution in [-0.4, -0.2) is 21.6 Å². The van der Waals surface area contributed by atoms with Gasteiger partial charge < -0.3 is 19.0 Å². The van der Waals surface area contributed by atoms with E-state index in [0.717, 1.165) is 33.2 Å². The summed E-state index contributed by atoms with van der Waals surface area (Å²) in [5.74, 6) is 0.746. The minimum absolute atomic E-state index is 0.211. The van der Waals surface area contributed by atoms with Crippen molar-refractivity contribution in [2.24, 2.45) is 0 Å². The number of benzene rings is 2. The summed E-state index contributed by atoms with van der Waals surface area (Å²) in [6, 6.07) is 15.2. The smallest absolute Gasteiger partial charge is 0.259 e. The number of fused-ring (bicyclic) bond motifs is 3. The van der Waals surface area contributed by atoms with Gasteiger partial charge in [0.25, 0.3) is 5.56 Å². The predicted octanol–water partition coefficient (Wildman–Crippen LogP) is 6.77. The molecule has 2 aromatic carbocycles. The van der Waals surface area contributed by atoms with Crippen LogP contribution in [0.25, 0.3) is 33.1 Å². The van der Waals surface area contributed by atoms with E-state index in [2.05, 4.69) is 9.97 Å². The van der Waals surface area contributed by atoms with E-state index < -0.39 is 0 Å². The van der Waals surface area contributed by atoms with Crippen LogP contribution in [0.2, 0.25) is 10.0 Å². The van der Waals surface area contributed by atoms with Gasteiger partial charge in [-0.1, -0.05) is 53.5 Å². The highest BCUT2D eigenvalue weighted by Crippen LogP contribution is 2.46. The third-order valence-electron chi connectivity index (χ3n) is 6.01. The lowest BCUT2D eigenvalue weighted by atomic mass is 10.0. The van der Waals surface area contributed by atoms with E-state index in [4.69, 9.17) is 32.7 Å². The molecule has 5 rings (SSSR count). The lowest BCUT2D eigenvalue weighted by Crippen LogP contribution is -2.22. The van der Waals surface area contributed by atoms with E-state index >= 15 is 0 Å². The Kier molecular flexibility index (Phi) is 6.17. The molecule has 3 aromatic heterocycles. The second-order valence-electron chi connectivity index (χ2n) is 8.24. The largest absolute Gasteiger partial charge is 0.495 e. The number of methoxy groups -OCH3 is 1. The van der Waals surface area contributed by atoms with E-state index in [-0.39, 0.29) is 15.6 Å². The molecular formula is C27H23Cl2N3O3. The maximum atomic E-state index is 13.8. The van der Waals surface area contributed by atoms with Crippen molar-refractivity contribution in [3.63, 3.8) is 0 Å². The maximum Gasteiger partial charge on any atom is 0.259 e. The predicted molar refractivity (Wildman–Crippen MR) is 141 cm³/mol. The average molecular weight is 508 g/mol. The molecule has 0 aliphatic rings. The summed E-state index contributed by atoms with van der Waals surface area (Å²) in [5.41, 5.74) is 4.01. The minimum Gasteiger partial charge on any atom is -0.495 e. The summed E-state index contributed by atoms with van der Waals surface area (Å²) in [7, 11) is 1.51. The van der Waals surface area contributed by atoms with E-state index in [1.54, 1.807) is 22.9 Å². The molecular weight excluding hydrogens is 485 g/mol. The molecule has 3 heterocycles. The normalized spacial score (nSPS) is 11.3. The summed E-state index contributed by atoms with van der Waals surface area (Å²) in [6.45, 7) is 4.65. The lowest BCUT2D eigenvalue weighted by Gasteiger charge is -2.18. The number of rotatable bonds is 6. The van der Waals surface area contributed by atoms with Crippen LogP contribution in [0.4, 0.5) is 0 Å². The molecule has 6 nitrogen and oxygen atoms in total. The first-order valence-electron chi connectivity index (χ1n) is 11.2. The second-order valence-corrected chi connectivity index (χ2v) is 8.99. The molecule has 0 bridgehead atoms. The Bertz CT molecular complexity index is 1620. The van der Waals surface area contributed by atoms with Gasteiger partial charge in [0.15, 0.2) is 0 Å². The van der Waals surface area contributed by atoms with Gasteiger partial charge in [0.2, 0.25) is 0 Å². The van der Waals surface area contributed by atoms with E-state index in [1.807, 2.05) is 50.2 Å². The fourth-order valence-corrected chi connectivity index (χ4v) is 5.06.